The van der Waals surface area contributed by atoms with Crippen LogP contribution < -0.4 is 5.32 Å². The minimum Gasteiger partial charge on any atom is -0.352 e. The molecule has 0 aliphatic rings. The number of hydrogen-bond donors (Lipinski definition) is 1. The van der Waals surface area contributed by atoms with Crippen LogP contribution in [-0.2, 0) is 0 Å². The first-order valence-electron chi connectivity index (χ1n) is 6.14. The maximum atomic E-state index is 11.7. The molecule has 1 N–H and O–H groups in total. The second-order valence-electron chi connectivity index (χ2n) is 4.49. The summed E-state index contributed by atoms with van der Waals surface area (Å²) < 4.78 is 0.739. The summed E-state index contributed by atoms with van der Waals surface area (Å²) in [5.41, 5.74) is 0.603. The summed E-state index contributed by atoms with van der Waals surface area (Å²) in [4.78, 5) is 17.9. The molecule has 1 amide bonds. The monoisotopic (exact) mass is 310 g/mol. The van der Waals surface area contributed by atoms with Crippen LogP contribution in [0.3, 0.4) is 0 Å². The Kier molecular flexibility index (Phi) is 6.90. The molecule has 1 heterocycles. The highest BCUT2D eigenvalue weighted by Gasteiger charge is 2.04. The van der Waals surface area contributed by atoms with E-state index in [1.807, 2.05) is 0 Å². The minimum absolute atomic E-state index is 0.0531. The standard InChI is InChI=1S/C13H20BrN3O/c1-17(2)9-5-3-4-8-15-13(18)11-6-7-12(14)16-10-11/h6-7,10H,3-5,8-9H2,1-2H3,(H,15,18)/i14-4. The normalized spacial score (nSPS) is 10.7. The maximum absolute atomic E-state index is 11.7. The molecule has 0 fully saturated rings. The number of hydrogen-bond acceptors (Lipinski definition) is 3. The van der Waals surface area contributed by atoms with Crippen molar-refractivity contribution in [1.82, 2.24) is 15.2 Å². The number of amides is 1. The van der Waals surface area contributed by atoms with Crippen LogP contribution in [0.15, 0.2) is 22.9 Å². The molecule has 1 aromatic heterocycles. The second kappa shape index (κ2) is 8.21. The summed E-state index contributed by atoms with van der Waals surface area (Å²) in [6.07, 6.45) is 4.90. The van der Waals surface area contributed by atoms with Crippen LogP contribution in [-0.4, -0.2) is 43.0 Å². The first-order valence-corrected chi connectivity index (χ1v) is 6.93. The van der Waals surface area contributed by atoms with E-state index in [0.717, 1.165) is 30.5 Å². The molecule has 1 aromatic rings. The van der Waals surface area contributed by atoms with Gasteiger partial charge in [0.25, 0.3) is 5.91 Å². The Labute approximate surface area is 117 Å². The fraction of sp³-hybridized carbons (Fsp3) is 0.538. The SMILES string of the molecule is CN(C)CCCCCNC(=O)c1ccc([76Br])nc1. The van der Waals surface area contributed by atoms with Gasteiger partial charge in [0.15, 0.2) is 0 Å². The van der Waals surface area contributed by atoms with Crippen LogP contribution in [0.5, 0.6) is 0 Å². The Balaban J connectivity index is 2.16. The highest BCUT2D eigenvalue weighted by molar-refractivity contribution is 9.10. The van der Waals surface area contributed by atoms with Gasteiger partial charge in [0, 0.05) is 12.7 Å². The van der Waals surface area contributed by atoms with Crippen LogP contribution in [0.25, 0.3) is 0 Å². The quantitative estimate of drug-likeness (QED) is 0.621. The number of aromatic nitrogens is 1. The number of nitrogens with zero attached hydrogens (tertiary/aromatic N) is 2. The van der Waals surface area contributed by atoms with E-state index in [1.165, 1.54) is 6.42 Å². The molecule has 0 aliphatic heterocycles. The molecular formula is C13H20BrN3O. The van der Waals surface area contributed by atoms with Crippen molar-refractivity contribution in [3.8, 4) is 0 Å². The van der Waals surface area contributed by atoms with Crippen molar-refractivity contribution in [2.24, 2.45) is 0 Å². The van der Waals surface area contributed by atoms with E-state index < -0.39 is 0 Å². The Hall–Kier alpha value is -0.940. The Morgan fingerprint density at radius 3 is 2.72 bits per heavy atom. The summed E-state index contributed by atoms with van der Waals surface area (Å²) in [5, 5.41) is 2.90. The molecule has 0 aliphatic carbocycles. The molecule has 0 atom stereocenters. The van der Waals surface area contributed by atoms with E-state index in [4.69, 9.17) is 0 Å². The second-order valence-corrected chi connectivity index (χ2v) is 5.30. The number of carbonyl (C=O) groups excluding carboxylic acids is 1. The molecule has 4 nitrogen and oxygen atoms in total. The lowest BCUT2D eigenvalue weighted by Crippen LogP contribution is -2.24. The zero-order chi connectivity index (χ0) is 13.4. The predicted octanol–water partition coefficient (Wildman–Crippen LogP) is 2.31. The van der Waals surface area contributed by atoms with Crippen molar-refractivity contribution < 1.29 is 4.79 Å². The number of unbranched alkanes of at least 4 members (excludes halogenated alkanes) is 2. The lowest BCUT2D eigenvalue weighted by molar-refractivity contribution is 0.0952. The van der Waals surface area contributed by atoms with E-state index in [-0.39, 0.29) is 5.91 Å². The summed E-state index contributed by atoms with van der Waals surface area (Å²) >= 11 is 3.24. The number of carbonyl (C=O) groups is 1. The average Bonchev–Trinajstić information content (AvgIpc) is 2.34. The van der Waals surface area contributed by atoms with Crippen molar-refractivity contribution in [2.75, 3.05) is 27.2 Å². The Bertz CT molecular complexity index is 365. The van der Waals surface area contributed by atoms with Gasteiger partial charge in [0.05, 0.1) is 5.56 Å². The highest BCUT2D eigenvalue weighted by Crippen LogP contribution is 2.06. The van der Waals surface area contributed by atoms with Gasteiger partial charge in [-0.2, -0.15) is 0 Å². The molecular weight excluding hydrogens is 290 g/mol. The van der Waals surface area contributed by atoms with Crippen molar-refractivity contribution >= 4 is 21.8 Å². The number of rotatable bonds is 7. The van der Waals surface area contributed by atoms with E-state index in [9.17, 15) is 4.79 Å². The van der Waals surface area contributed by atoms with Crippen molar-refractivity contribution in [3.63, 3.8) is 0 Å². The molecule has 18 heavy (non-hydrogen) atoms. The minimum atomic E-state index is -0.0531. The Morgan fingerprint density at radius 1 is 1.33 bits per heavy atom. The lowest BCUT2D eigenvalue weighted by Gasteiger charge is -2.09. The van der Waals surface area contributed by atoms with Crippen LogP contribution in [0.4, 0.5) is 0 Å². The fourth-order valence-electron chi connectivity index (χ4n) is 1.54. The van der Waals surface area contributed by atoms with Gasteiger partial charge in [-0.05, 0) is 61.5 Å². The van der Waals surface area contributed by atoms with E-state index in [1.54, 1.807) is 18.3 Å². The van der Waals surface area contributed by atoms with Gasteiger partial charge in [-0.3, -0.25) is 4.79 Å². The van der Waals surface area contributed by atoms with Crippen molar-refractivity contribution in [2.45, 2.75) is 19.3 Å². The van der Waals surface area contributed by atoms with Crippen molar-refractivity contribution in [3.05, 3.63) is 28.5 Å². The van der Waals surface area contributed by atoms with Crippen LogP contribution in [0.2, 0.25) is 0 Å². The lowest BCUT2D eigenvalue weighted by atomic mass is 10.2. The van der Waals surface area contributed by atoms with Gasteiger partial charge in [0.1, 0.15) is 4.60 Å². The van der Waals surface area contributed by atoms with Crippen LogP contribution in [0.1, 0.15) is 29.6 Å². The largest absolute Gasteiger partial charge is 0.352 e. The molecule has 0 saturated heterocycles. The summed E-state index contributed by atoms with van der Waals surface area (Å²) in [6, 6.07) is 3.53. The molecule has 0 unspecified atom stereocenters. The molecule has 100 valence electrons. The number of pyridine rings is 1. The molecule has 0 bridgehead atoms. The third-order valence-corrected chi connectivity index (χ3v) is 3.03. The smallest absolute Gasteiger partial charge is 0.252 e. The first-order chi connectivity index (χ1) is 8.59. The van der Waals surface area contributed by atoms with Crippen molar-refractivity contribution in [1.29, 1.82) is 0 Å². The third-order valence-electron chi connectivity index (χ3n) is 2.56. The van der Waals surface area contributed by atoms with Crippen LogP contribution >= 0.6 is 15.9 Å². The fourth-order valence-corrected chi connectivity index (χ4v) is 1.78. The molecule has 0 spiro atoms. The average molecular weight is 310 g/mol. The van der Waals surface area contributed by atoms with E-state index in [0.29, 0.717) is 5.56 Å². The van der Waals surface area contributed by atoms with Gasteiger partial charge in [-0.1, -0.05) is 6.42 Å². The molecule has 0 saturated carbocycles. The topological polar surface area (TPSA) is 45.2 Å². The summed E-state index contributed by atoms with van der Waals surface area (Å²) in [7, 11) is 4.14. The Morgan fingerprint density at radius 2 is 2.11 bits per heavy atom. The zero-order valence-electron chi connectivity index (χ0n) is 10.9. The molecule has 0 aromatic carbocycles. The number of nitrogens with one attached hydrogen (secondary N) is 1. The van der Waals surface area contributed by atoms with E-state index >= 15 is 0 Å². The highest BCUT2D eigenvalue weighted by atomic mass is 75.9. The maximum Gasteiger partial charge on any atom is 0.252 e. The van der Waals surface area contributed by atoms with Crippen LogP contribution in [0, 0.1) is 0 Å². The predicted molar refractivity (Wildman–Crippen MR) is 76.7 cm³/mol. The van der Waals surface area contributed by atoms with Gasteiger partial charge in [-0.15, -0.1) is 0 Å². The summed E-state index contributed by atoms with van der Waals surface area (Å²) in [5.74, 6) is -0.0531. The zero-order valence-corrected chi connectivity index (χ0v) is 12.5. The molecule has 0 radical (unpaired) electrons. The summed E-state index contributed by atoms with van der Waals surface area (Å²) in [6.45, 7) is 1.83. The molecule has 1 rings (SSSR count). The van der Waals surface area contributed by atoms with Gasteiger partial charge < -0.3 is 10.2 Å². The van der Waals surface area contributed by atoms with Gasteiger partial charge >= 0.3 is 0 Å². The third kappa shape index (κ3) is 6.12. The molecule has 5 heteroatoms. The van der Waals surface area contributed by atoms with Gasteiger partial charge in [0.2, 0.25) is 0 Å². The first kappa shape index (κ1) is 15.1. The van der Waals surface area contributed by atoms with E-state index in [2.05, 4.69) is 45.2 Å². The van der Waals surface area contributed by atoms with Gasteiger partial charge in [-0.25, -0.2) is 4.98 Å². The number of halogens is 1.